The molecule has 1 atom stereocenters. The normalized spacial score (nSPS) is 19.3. The number of hydrogen-bond donors (Lipinski definition) is 1. The van der Waals surface area contributed by atoms with Crippen LogP contribution in [-0.2, 0) is 9.47 Å². The van der Waals surface area contributed by atoms with Crippen LogP contribution in [0.1, 0.15) is 22.0 Å². The first-order valence-electron chi connectivity index (χ1n) is 5.85. The summed E-state index contributed by atoms with van der Waals surface area (Å²) >= 11 is 0. The molecule has 1 fully saturated rings. The Morgan fingerprint density at radius 3 is 2.89 bits per heavy atom. The van der Waals surface area contributed by atoms with Gasteiger partial charge in [0.2, 0.25) is 0 Å². The second kappa shape index (κ2) is 5.84. The van der Waals surface area contributed by atoms with Crippen LogP contribution in [0.5, 0.6) is 5.75 Å². The van der Waals surface area contributed by atoms with Crippen LogP contribution in [0, 0.1) is 0 Å². The number of ether oxygens (including phenoxy) is 3. The molecule has 0 aliphatic carbocycles. The van der Waals surface area contributed by atoms with Gasteiger partial charge in [0.25, 0.3) is 0 Å². The minimum atomic E-state index is -0.405. The molecule has 1 aromatic carbocycles. The van der Waals surface area contributed by atoms with Crippen LogP contribution >= 0.6 is 0 Å². The number of benzene rings is 1. The van der Waals surface area contributed by atoms with Gasteiger partial charge >= 0.3 is 5.97 Å². The molecule has 0 spiro atoms. The topological polar surface area (TPSA) is 56.8 Å². The van der Waals surface area contributed by atoms with Crippen LogP contribution < -0.4 is 10.1 Å². The van der Waals surface area contributed by atoms with Gasteiger partial charge in [0, 0.05) is 18.7 Å². The zero-order valence-corrected chi connectivity index (χ0v) is 10.6. The predicted molar refractivity (Wildman–Crippen MR) is 65.9 cm³/mol. The van der Waals surface area contributed by atoms with E-state index in [1.54, 1.807) is 13.2 Å². The summed E-state index contributed by atoms with van der Waals surface area (Å²) in [5.74, 6) is 0.121. The Hall–Kier alpha value is -1.59. The fourth-order valence-electron chi connectivity index (χ4n) is 2.07. The van der Waals surface area contributed by atoms with Crippen LogP contribution in [0.25, 0.3) is 0 Å². The zero-order valence-electron chi connectivity index (χ0n) is 10.6. The van der Waals surface area contributed by atoms with Crippen molar-refractivity contribution in [1.82, 2.24) is 5.32 Å². The molecule has 5 heteroatoms. The Morgan fingerprint density at radius 1 is 1.44 bits per heavy atom. The Balaban J connectivity index is 2.37. The van der Waals surface area contributed by atoms with Crippen LogP contribution in [-0.4, -0.2) is 39.9 Å². The molecule has 1 N–H and O–H groups in total. The average molecular weight is 251 g/mol. The summed E-state index contributed by atoms with van der Waals surface area (Å²) < 4.78 is 15.8. The number of nitrogens with one attached hydrogen (secondary N) is 1. The molecular weight excluding hydrogens is 234 g/mol. The molecule has 0 amide bonds. The molecule has 1 saturated heterocycles. The molecule has 5 nitrogen and oxygen atoms in total. The maximum atomic E-state index is 11.7. The molecule has 0 bridgehead atoms. The van der Waals surface area contributed by atoms with E-state index in [4.69, 9.17) is 14.2 Å². The summed E-state index contributed by atoms with van der Waals surface area (Å²) in [7, 11) is 2.90. The van der Waals surface area contributed by atoms with Crippen molar-refractivity contribution in [3.63, 3.8) is 0 Å². The van der Waals surface area contributed by atoms with Gasteiger partial charge < -0.3 is 19.5 Å². The number of rotatable bonds is 3. The van der Waals surface area contributed by atoms with Gasteiger partial charge in [-0.15, -0.1) is 0 Å². The third kappa shape index (κ3) is 2.47. The van der Waals surface area contributed by atoms with Gasteiger partial charge in [-0.1, -0.05) is 12.1 Å². The number of methoxy groups -OCH3 is 2. The van der Waals surface area contributed by atoms with Gasteiger partial charge in [-0.05, 0) is 6.07 Å². The molecule has 18 heavy (non-hydrogen) atoms. The van der Waals surface area contributed by atoms with Crippen LogP contribution in [0.4, 0.5) is 0 Å². The Bertz CT molecular complexity index is 427. The van der Waals surface area contributed by atoms with Gasteiger partial charge in [0.05, 0.1) is 26.9 Å². The van der Waals surface area contributed by atoms with E-state index in [-0.39, 0.29) is 6.10 Å². The van der Waals surface area contributed by atoms with Gasteiger partial charge in [-0.3, -0.25) is 0 Å². The van der Waals surface area contributed by atoms with Crippen molar-refractivity contribution >= 4 is 5.97 Å². The molecule has 2 rings (SSSR count). The number of morpholine rings is 1. The number of carbonyl (C=O) groups excluding carboxylic acids is 1. The maximum Gasteiger partial charge on any atom is 0.341 e. The first-order chi connectivity index (χ1) is 8.77. The monoisotopic (exact) mass is 251 g/mol. The third-order valence-corrected chi connectivity index (χ3v) is 2.93. The van der Waals surface area contributed by atoms with E-state index in [1.165, 1.54) is 7.11 Å². The fraction of sp³-hybridized carbons (Fsp3) is 0.462. The summed E-state index contributed by atoms with van der Waals surface area (Å²) in [5.41, 5.74) is 1.29. The number of para-hydroxylation sites is 1. The number of carbonyl (C=O) groups is 1. The Morgan fingerprint density at radius 2 is 2.28 bits per heavy atom. The molecule has 0 saturated carbocycles. The molecule has 98 valence electrons. The predicted octanol–water partition coefficient (Wildman–Crippen LogP) is 1.14. The van der Waals surface area contributed by atoms with Crippen LogP contribution in [0.15, 0.2) is 18.2 Å². The summed E-state index contributed by atoms with van der Waals surface area (Å²) in [5, 5.41) is 3.25. The van der Waals surface area contributed by atoms with Crippen molar-refractivity contribution < 1.29 is 19.0 Å². The Labute approximate surface area is 106 Å². The van der Waals surface area contributed by atoms with Crippen molar-refractivity contribution in [2.45, 2.75) is 6.10 Å². The van der Waals surface area contributed by atoms with E-state index >= 15 is 0 Å². The average Bonchev–Trinajstić information content (AvgIpc) is 2.46. The molecular formula is C13H17NO4. The summed E-state index contributed by atoms with van der Waals surface area (Å²) in [6.45, 7) is 2.20. The highest BCUT2D eigenvalue weighted by atomic mass is 16.5. The zero-order chi connectivity index (χ0) is 13.0. The molecule has 1 aliphatic heterocycles. The lowest BCUT2D eigenvalue weighted by Gasteiger charge is -2.25. The fourth-order valence-corrected chi connectivity index (χ4v) is 2.07. The van der Waals surface area contributed by atoms with Crippen molar-refractivity contribution in [2.75, 3.05) is 33.9 Å². The highest BCUT2D eigenvalue weighted by Crippen LogP contribution is 2.31. The van der Waals surface area contributed by atoms with E-state index in [1.807, 2.05) is 12.1 Å². The van der Waals surface area contributed by atoms with Crippen molar-refractivity contribution in [3.8, 4) is 5.75 Å². The summed E-state index contributed by atoms with van der Waals surface area (Å²) in [6, 6.07) is 5.40. The van der Waals surface area contributed by atoms with E-state index in [0.717, 1.165) is 12.1 Å². The molecule has 1 heterocycles. The summed E-state index contributed by atoms with van der Waals surface area (Å²) in [4.78, 5) is 11.7. The second-order valence-corrected chi connectivity index (χ2v) is 3.98. The lowest BCUT2D eigenvalue weighted by molar-refractivity contribution is 0.0261. The standard InChI is InChI=1S/C13H17NO4/c1-16-12-9(11-8-14-6-7-18-11)4-3-5-10(12)13(15)17-2/h3-5,11,14H,6-8H2,1-2H3. The second-order valence-electron chi connectivity index (χ2n) is 3.98. The SMILES string of the molecule is COC(=O)c1cccc(C2CNCCO2)c1OC. The van der Waals surface area contributed by atoms with E-state index in [9.17, 15) is 4.79 Å². The molecule has 1 aliphatic rings. The van der Waals surface area contributed by atoms with Gasteiger partial charge in [0.1, 0.15) is 11.3 Å². The number of esters is 1. The van der Waals surface area contributed by atoms with E-state index < -0.39 is 5.97 Å². The Kier molecular flexibility index (Phi) is 4.17. The summed E-state index contributed by atoms with van der Waals surface area (Å²) in [6.07, 6.45) is -0.0988. The highest BCUT2D eigenvalue weighted by molar-refractivity contribution is 5.93. The van der Waals surface area contributed by atoms with E-state index in [2.05, 4.69) is 5.32 Å². The lowest BCUT2D eigenvalue weighted by Crippen LogP contribution is -2.33. The maximum absolute atomic E-state index is 11.7. The van der Waals surface area contributed by atoms with Crippen LogP contribution in [0.3, 0.4) is 0 Å². The van der Waals surface area contributed by atoms with E-state index in [0.29, 0.717) is 24.5 Å². The lowest BCUT2D eigenvalue weighted by atomic mass is 10.0. The first kappa shape index (κ1) is 12.9. The molecule has 1 aromatic rings. The van der Waals surface area contributed by atoms with Gasteiger partial charge in [-0.2, -0.15) is 0 Å². The van der Waals surface area contributed by atoms with Crippen molar-refractivity contribution in [3.05, 3.63) is 29.3 Å². The molecule has 0 aromatic heterocycles. The minimum absolute atomic E-state index is 0.0988. The highest BCUT2D eigenvalue weighted by Gasteiger charge is 2.23. The quantitative estimate of drug-likeness (QED) is 0.816. The largest absolute Gasteiger partial charge is 0.495 e. The van der Waals surface area contributed by atoms with Crippen LogP contribution in [0.2, 0.25) is 0 Å². The minimum Gasteiger partial charge on any atom is -0.495 e. The number of hydrogen-bond acceptors (Lipinski definition) is 5. The smallest absolute Gasteiger partial charge is 0.341 e. The van der Waals surface area contributed by atoms with Gasteiger partial charge in [-0.25, -0.2) is 4.79 Å². The molecule has 1 unspecified atom stereocenters. The van der Waals surface area contributed by atoms with Crippen molar-refractivity contribution in [2.24, 2.45) is 0 Å². The first-order valence-corrected chi connectivity index (χ1v) is 5.85. The van der Waals surface area contributed by atoms with Crippen molar-refractivity contribution in [1.29, 1.82) is 0 Å². The third-order valence-electron chi connectivity index (χ3n) is 2.93. The van der Waals surface area contributed by atoms with Gasteiger partial charge in [0.15, 0.2) is 0 Å². The molecule has 0 radical (unpaired) electrons.